The van der Waals surface area contributed by atoms with Crippen LogP contribution in [0, 0.1) is 17.1 Å². The first-order chi connectivity index (χ1) is 18.6. The normalized spacial score (nSPS) is 13.2. The third-order valence-corrected chi connectivity index (χ3v) is 7.15. The van der Waals surface area contributed by atoms with Gasteiger partial charge in [0.2, 0.25) is 0 Å². The fraction of sp³-hybridized carbons (Fsp3) is 0.310. The lowest BCUT2D eigenvalue weighted by atomic mass is 9.99. The molecule has 2 aromatic carbocycles. The van der Waals surface area contributed by atoms with Gasteiger partial charge in [0.05, 0.1) is 18.2 Å². The Morgan fingerprint density at radius 3 is 2.62 bits per heavy atom. The highest BCUT2D eigenvalue weighted by Crippen LogP contribution is 2.27. The maximum Gasteiger partial charge on any atom is 0.133 e. The molecule has 0 saturated heterocycles. The average Bonchev–Trinajstić information content (AvgIpc) is 3.38. The van der Waals surface area contributed by atoms with Crippen molar-refractivity contribution in [1.82, 2.24) is 14.9 Å². The van der Waals surface area contributed by atoms with Crippen LogP contribution in [0.2, 0.25) is 0 Å². The Kier molecular flexibility index (Phi) is 10.6. The lowest BCUT2D eigenvalue weighted by Gasteiger charge is -2.28. The number of nitriles is 1. The van der Waals surface area contributed by atoms with E-state index in [-0.39, 0.29) is 5.82 Å². The van der Waals surface area contributed by atoms with Gasteiger partial charge >= 0.3 is 0 Å². The molecule has 1 aliphatic heterocycles. The number of amidine groups is 1. The van der Waals surface area contributed by atoms with E-state index in [0.29, 0.717) is 47.2 Å². The Hall–Kier alpha value is -3.78. The number of nitrogens with two attached hydrogens (primary N) is 3. The van der Waals surface area contributed by atoms with Crippen LogP contribution in [-0.2, 0) is 13.0 Å². The first kappa shape index (κ1) is 29.8. The van der Waals surface area contributed by atoms with Crippen molar-refractivity contribution in [2.45, 2.75) is 38.1 Å². The number of allylic oxidation sites excluding steroid dienone is 1. The molecule has 0 aliphatic carbocycles. The highest BCUT2D eigenvalue weighted by atomic mass is 32.2. The van der Waals surface area contributed by atoms with Crippen LogP contribution in [0.1, 0.15) is 42.5 Å². The van der Waals surface area contributed by atoms with Gasteiger partial charge in [-0.25, -0.2) is 15.4 Å². The van der Waals surface area contributed by atoms with E-state index in [9.17, 15) is 9.65 Å². The van der Waals surface area contributed by atoms with E-state index in [0.717, 1.165) is 54.7 Å². The Bertz CT molecular complexity index is 1310. The molecule has 39 heavy (non-hydrogen) atoms. The molecule has 0 aromatic heterocycles. The van der Waals surface area contributed by atoms with Crippen molar-refractivity contribution in [3.63, 3.8) is 0 Å². The highest BCUT2D eigenvalue weighted by molar-refractivity contribution is 7.97. The molecular weight excluding hydrogens is 511 g/mol. The van der Waals surface area contributed by atoms with Gasteiger partial charge in [-0.05, 0) is 85.7 Å². The molecule has 0 amide bonds. The van der Waals surface area contributed by atoms with Crippen molar-refractivity contribution in [2.75, 3.05) is 26.2 Å². The minimum atomic E-state index is -0.325. The Morgan fingerprint density at radius 1 is 1.21 bits per heavy atom. The maximum atomic E-state index is 14.7. The smallest absolute Gasteiger partial charge is 0.133 e. The summed E-state index contributed by atoms with van der Waals surface area (Å²) in [5, 5.41) is 20.2. The summed E-state index contributed by atoms with van der Waals surface area (Å²) in [4.78, 5) is 5.01. The molecule has 0 fully saturated rings. The molecule has 3 rings (SSSR count). The fourth-order valence-electron chi connectivity index (χ4n) is 4.52. The van der Waals surface area contributed by atoms with Crippen molar-refractivity contribution in [2.24, 2.45) is 21.8 Å². The van der Waals surface area contributed by atoms with Crippen LogP contribution in [-0.4, -0.2) is 46.9 Å². The molecule has 2 aromatic rings. The zero-order chi connectivity index (χ0) is 28.5. The van der Waals surface area contributed by atoms with Crippen LogP contribution >= 0.6 is 11.9 Å². The van der Waals surface area contributed by atoms with E-state index in [1.54, 1.807) is 19.1 Å². The molecule has 8 nitrogen and oxygen atoms in total. The van der Waals surface area contributed by atoms with Gasteiger partial charge in [0.1, 0.15) is 11.7 Å². The number of rotatable bonds is 13. The van der Waals surface area contributed by atoms with Crippen molar-refractivity contribution >= 4 is 23.5 Å². The lowest BCUT2D eigenvalue weighted by molar-refractivity contribution is 0.289. The van der Waals surface area contributed by atoms with Gasteiger partial charge in [-0.1, -0.05) is 25.3 Å². The molecular formula is C29H37FN8S. The summed E-state index contributed by atoms with van der Waals surface area (Å²) in [7, 11) is 0. The van der Waals surface area contributed by atoms with Gasteiger partial charge in [-0.2, -0.15) is 5.26 Å². The van der Waals surface area contributed by atoms with E-state index in [1.807, 2.05) is 25.1 Å². The first-order valence-corrected chi connectivity index (χ1v) is 13.6. The third kappa shape index (κ3) is 8.10. The predicted octanol–water partition coefficient (Wildman–Crippen LogP) is 4.31. The summed E-state index contributed by atoms with van der Waals surface area (Å²) in [6.45, 7) is 15.5. The topological polar surface area (TPSA) is 124 Å². The van der Waals surface area contributed by atoms with Crippen LogP contribution in [0.25, 0.3) is 5.70 Å². The van der Waals surface area contributed by atoms with E-state index in [2.05, 4.69) is 40.2 Å². The number of aryl methyl sites for hydroxylation is 1. The van der Waals surface area contributed by atoms with Gasteiger partial charge in [0.15, 0.2) is 0 Å². The Balaban J connectivity index is 1.59. The second-order valence-corrected chi connectivity index (χ2v) is 10.2. The second kappa shape index (κ2) is 13.8. The van der Waals surface area contributed by atoms with Crippen LogP contribution < -0.4 is 16.7 Å². The largest absolute Gasteiger partial charge is 0.386 e. The quantitative estimate of drug-likeness (QED) is 0.0845. The van der Waals surface area contributed by atoms with Gasteiger partial charge < -0.3 is 15.5 Å². The van der Waals surface area contributed by atoms with Crippen LogP contribution in [0.15, 0.2) is 76.9 Å². The molecule has 0 atom stereocenters. The number of benzene rings is 2. The van der Waals surface area contributed by atoms with Crippen molar-refractivity contribution < 1.29 is 4.39 Å². The third-order valence-electron chi connectivity index (χ3n) is 6.62. The number of halogens is 1. The Morgan fingerprint density at radius 2 is 1.97 bits per heavy atom. The minimum absolute atomic E-state index is 0.325. The van der Waals surface area contributed by atoms with E-state index >= 15 is 0 Å². The van der Waals surface area contributed by atoms with Crippen molar-refractivity contribution in [1.29, 1.82) is 5.26 Å². The van der Waals surface area contributed by atoms with Gasteiger partial charge in [-0.3, -0.25) is 5.14 Å². The number of nitrogens with zero attached hydrogens (tertiary/aromatic N) is 5. The Labute approximate surface area is 235 Å². The number of hydrogen-bond donors (Lipinski definition) is 3. The standard InChI is InChI=1S/C29H37FN8S/c1-5-36(21(3)28-11-10-27(39-34)15-29(28)30)17-24-12-13-37(18-24)20(2)6-8-25-9-7-23(16-31)14-26(25)19-38(33)35-22(4)32/h7,9-12,14-15H,2-3,5-6,8,13,17-19,33-34H2,1,4H3,(H2,32,35). The molecule has 0 radical (unpaired) electrons. The number of hydrogen-bond acceptors (Lipinski definition) is 8. The molecule has 0 bridgehead atoms. The van der Waals surface area contributed by atoms with Crippen LogP contribution in [0.3, 0.4) is 0 Å². The first-order valence-electron chi connectivity index (χ1n) is 12.7. The fourth-order valence-corrected chi connectivity index (χ4v) is 4.84. The molecule has 10 heteroatoms. The second-order valence-electron chi connectivity index (χ2n) is 9.46. The number of hydrazine groups is 1. The van der Waals surface area contributed by atoms with Crippen LogP contribution in [0.5, 0.6) is 0 Å². The average molecular weight is 549 g/mol. The predicted molar refractivity (Wildman–Crippen MR) is 158 cm³/mol. The minimum Gasteiger partial charge on any atom is -0.386 e. The molecule has 1 aliphatic rings. The summed E-state index contributed by atoms with van der Waals surface area (Å²) < 4.78 is 14.7. The zero-order valence-corrected chi connectivity index (χ0v) is 23.5. The monoisotopic (exact) mass is 548 g/mol. The van der Waals surface area contributed by atoms with E-state index in [4.69, 9.17) is 16.7 Å². The van der Waals surface area contributed by atoms with Gasteiger partial charge in [0, 0.05) is 48.0 Å². The molecule has 0 unspecified atom stereocenters. The van der Waals surface area contributed by atoms with Gasteiger partial charge in [0.25, 0.3) is 0 Å². The molecule has 0 spiro atoms. The summed E-state index contributed by atoms with van der Waals surface area (Å²) in [5.74, 6) is 6.02. The SMILES string of the molecule is C=C(CCc1ccc(C#N)cc1CN(N)/N=C(/C)N)N1CC=C(CN(CC)C(=C)c2ccc(SN)cc2F)C1. The summed E-state index contributed by atoms with van der Waals surface area (Å²) >= 11 is 1.02. The van der Waals surface area contributed by atoms with E-state index < -0.39 is 0 Å². The maximum absolute atomic E-state index is 14.7. The highest BCUT2D eigenvalue weighted by Gasteiger charge is 2.20. The lowest BCUT2D eigenvalue weighted by Crippen LogP contribution is -2.28. The molecule has 6 N–H and O–H groups in total. The van der Waals surface area contributed by atoms with Gasteiger partial charge in [-0.15, -0.1) is 5.10 Å². The number of hydrazone groups is 1. The summed E-state index contributed by atoms with van der Waals surface area (Å²) in [6, 6.07) is 12.8. The summed E-state index contributed by atoms with van der Waals surface area (Å²) in [6.07, 6.45) is 3.71. The van der Waals surface area contributed by atoms with Crippen molar-refractivity contribution in [3.8, 4) is 6.07 Å². The molecule has 206 valence electrons. The zero-order valence-electron chi connectivity index (χ0n) is 22.7. The van der Waals surface area contributed by atoms with Crippen LogP contribution in [0.4, 0.5) is 4.39 Å². The van der Waals surface area contributed by atoms with Crippen molar-refractivity contribution in [3.05, 3.63) is 95.0 Å². The molecule has 1 heterocycles. The number of likely N-dealkylation sites (N-methyl/N-ethyl adjacent to an activating group) is 1. The molecule has 0 saturated carbocycles. The summed E-state index contributed by atoms with van der Waals surface area (Å²) in [5.41, 5.74) is 11.6. The van der Waals surface area contributed by atoms with E-state index in [1.165, 1.54) is 16.8 Å².